The molecule has 0 aliphatic carbocycles. The van der Waals surface area contributed by atoms with E-state index in [0.717, 1.165) is 0 Å². The minimum Gasteiger partial charge on any atom is -0.489 e. The van der Waals surface area contributed by atoms with Gasteiger partial charge < -0.3 is 10.1 Å². The highest BCUT2D eigenvalue weighted by Gasteiger charge is 2.14. The number of nitrogens with zero attached hydrogens (tertiary/aromatic N) is 3. The maximum absolute atomic E-state index is 12.5. The van der Waals surface area contributed by atoms with Crippen LogP contribution in [0.4, 0.5) is 5.69 Å². The predicted octanol–water partition coefficient (Wildman–Crippen LogP) is 2.91. The first-order chi connectivity index (χ1) is 11.6. The number of carbonyl (C=O) groups is 1. The zero-order valence-electron chi connectivity index (χ0n) is 13.4. The number of hydrogen-bond donors (Lipinski definition) is 2. The first kappa shape index (κ1) is 15.7. The van der Waals surface area contributed by atoms with E-state index in [9.17, 15) is 4.79 Å². The molecule has 3 aromatic heterocycles. The number of H-pyrrole nitrogens is 1. The lowest BCUT2D eigenvalue weighted by molar-refractivity contribution is 0.102. The molecule has 24 heavy (non-hydrogen) atoms. The summed E-state index contributed by atoms with van der Waals surface area (Å²) in [5.74, 6) is 0.255. The minimum absolute atomic E-state index is 0.00902. The van der Waals surface area contributed by atoms with Crippen LogP contribution >= 0.6 is 0 Å². The molecule has 3 rings (SSSR count). The Hall–Kier alpha value is -3.22. The van der Waals surface area contributed by atoms with Crippen molar-refractivity contribution in [3.63, 3.8) is 0 Å². The maximum atomic E-state index is 12.5. The van der Waals surface area contributed by atoms with Crippen molar-refractivity contribution in [1.29, 1.82) is 0 Å². The zero-order valence-corrected chi connectivity index (χ0v) is 13.4. The monoisotopic (exact) mass is 323 g/mol. The van der Waals surface area contributed by atoms with Crippen molar-refractivity contribution in [2.75, 3.05) is 5.32 Å². The number of anilines is 1. The van der Waals surface area contributed by atoms with E-state index < -0.39 is 0 Å². The Morgan fingerprint density at radius 3 is 2.88 bits per heavy atom. The molecule has 0 aliphatic heterocycles. The fourth-order valence-electron chi connectivity index (χ4n) is 2.16. The Morgan fingerprint density at radius 2 is 2.12 bits per heavy atom. The molecule has 0 radical (unpaired) electrons. The summed E-state index contributed by atoms with van der Waals surface area (Å²) in [5, 5.41) is 9.65. The first-order valence-electron chi connectivity index (χ1n) is 7.51. The average molecular weight is 323 g/mol. The number of rotatable bonds is 5. The molecule has 0 spiro atoms. The van der Waals surface area contributed by atoms with E-state index in [1.54, 1.807) is 24.7 Å². The molecule has 0 saturated carbocycles. The molecule has 0 saturated heterocycles. The minimum atomic E-state index is -0.296. The molecule has 2 N–H and O–H groups in total. The van der Waals surface area contributed by atoms with Crippen molar-refractivity contribution in [2.24, 2.45) is 0 Å². The number of pyridine rings is 2. The van der Waals surface area contributed by atoms with Crippen LogP contribution in [-0.2, 0) is 0 Å². The van der Waals surface area contributed by atoms with Gasteiger partial charge in [-0.15, -0.1) is 0 Å². The van der Waals surface area contributed by atoms with Crippen LogP contribution in [0.5, 0.6) is 5.75 Å². The van der Waals surface area contributed by atoms with Crippen LogP contribution in [0.2, 0.25) is 0 Å². The van der Waals surface area contributed by atoms with Crippen LogP contribution in [0.15, 0.2) is 49.1 Å². The molecule has 3 aromatic rings. The van der Waals surface area contributed by atoms with Gasteiger partial charge in [-0.3, -0.25) is 19.9 Å². The third-order valence-corrected chi connectivity index (χ3v) is 3.16. The molecule has 122 valence electrons. The Bertz CT molecular complexity index is 830. The summed E-state index contributed by atoms with van der Waals surface area (Å²) in [7, 11) is 0. The molecule has 0 bridgehead atoms. The Morgan fingerprint density at radius 1 is 1.25 bits per heavy atom. The number of nitrogens with one attached hydrogen (secondary N) is 2. The van der Waals surface area contributed by atoms with Gasteiger partial charge in [-0.25, -0.2) is 0 Å². The maximum Gasteiger partial charge on any atom is 0.257 e. The van der Waals surface area contributed by atoms with Gasteiger partial charge in [0.15, 0.2) is 0 Å². The van der Waals surface area contributed by atoms with Gasteiger partial charge in [-0.2, -0.15) is 5.10 Å². The number of aromatic nitrogens is 4. The fourth-order valence-corrected chi connectivity index (χ4v) is 2.16. The SMILES string of the molecule is CC(C)Oc1cncc(C(=O)Nc2cn[nH]c2-c2ccccn2)c1. The van der Waals surface area contributed by atoms with Crippen LogP contribution < -0.4 is 10.1 Å². The van der Waals surface area contributed by atoms with E-state index in [-0.39, 0.29) is 12.0 Å². The summed E-state index contributed by atoms with van der Waals surface area (Å²) < 4.78 is 5.56. The number of carbonyl (C=O) groups excluding carboxylic acids is 1. The van der Waals surface area contributed by atoms with E-state index in [0.29, 0.717) is 28.4 Å². The summed E-state index contributed by atoms with van der Waals surface area (Å²) in [6.07, 6.45) is 6.30. The summed E-state index contributed by atoms with van der Waals surface area (Å²) in [6, 6.07) is 7.18. The number of hydrogen-bond acceptors (Lipinski definition) is 5. The molecule has 0 atom stereocenters. The van der Waals surface area contributed by atoms with Gasteiger partial charge in [0.1, 0.15) is 11.4 Å². The normalized spacial score (nSPS) is 10.6. The van der Waals surface area contributed by atoms with Gasteiger partial charge >= 0.3 is 0 Å². The van der Waals surface area contributed by atoms with E-state index in [4.69, 9.17) is 4.74 Å². The van der Waals surface area contributed by atoms with Crippen molar-refractivity contribution >= 4 is 11.6 Å². The van der Waals surface area contributed by atoms with Gasteiger partial charge in [0.2, 0.25) is 0 Å². The third kappa shape index (κ3) is 3.57. The Balaban J connectivity index is 1.80. The average Bonchev–Trinajstić information content (AvgIpc) is 3.03. The molecule has 7 nitrogen and oxygen atoms in total. The lowest BCUT2D eigenvalue weighted by Crippen LogP contribution is -2.13. The van der Waals surface area contributed by atoms with Gasteiger partial charge in [0, 0.05) is 12.4 Å². The fraction of sp³-hybridized carbons (Fsp3) is 0.176. The van der Waals surface area contributed by atoms with Gasteiger partial charge in [-0.05, 0) is 32.0 Å². The zero-order chi connectivity index (χ0) is 16.9. The van der Waals surface area contributed by atoms with Gasteiger partial charge in [0.05, 0.1) is 35.4 Å². The van der Waals surface area contributed by atoms with E-state index in [1.807, 2.05) is 32.0 Å². The molecule has 0 unspecified atom stereocenters. The molecule has 0 aliphatic rings. The second kappa shape index (κ2) is 6.91. The molecule has 7 heteroatoms. The van der Waals surface area contributed by atoms with Crippen LogP contribution in [0.25, 0.3) is 11.4 Å². The van der Waals surface area contributed by atoms with Crippen molar-refractivity contribution < 1.29 is 9.53 Å². The number of amides is 1. The van der Waals surface area contributed by atoms with Gasteiger partial charge in [0.25, 0.3) is 5.91 Å². The highest BCUT2D eigenvalue weighted by Crippen LogP contribution is 2.24. The second-order valence-electron chi connectivity index (χ2n) is 5.40. The molecule has 0 fully saturated rings. The highest BCUT2D eigenvalue weighted by atomic mass is 16.5. The molecule has 0 aromatic carbocycles. The largest absolute Gasteiger partial charge is 0.489 e. The Labute approximate surface area is 139 Å². The molecular formula is C17H17N5O2. The number of aromatic amines is 1. The third-order valence-electron chi connectivity index (χ3n) is 3.16. The van der Waals surface area contributed by atoms with Crippen LogP contribution in [0, 0.1) is 0 Å². The van der Waals surface area contributed by atoms with E-state index >= 15 is 0 Å². The lowest BCUT2D eigenvalue weighted by Gasteiger charge is -2.10. The summed E-state index contributed by atoms with van der Waals surface area (Å²) in [6.45, 7) is 3.83. The Kier molecular flexibility index (Phi) is 4.51. The quantitative estimate of drug-likeness (QED) is 0.753. The lowest BCUT2D eigenvalue weighted by atomic mass is 10.2. The van der Waals surface area contributed by atoms with Crippen molar-refractivity contribution in [1.82, 2.24) is 20.2 Å². The summed E-state index contributed by atoms with van der Waals surface area (Å²) in [5.41, 5.74) is 2.29. The standard InChI is InChI=1S/C17H17N5O2/c1-11(2)24-13-7-12(8-18-9-13)17(23)21-15-10-20-22-16(15)14-5-3-4-6-19-14/h3-11H,1-2H3,(H,20,22)(H,21,23). The molecule has 1 amide bonds. The topological polar surface area (TPSA) is 92.8 Å². The number of ether oxygens (including phenoxy) is 1. The highest BCUT2D eigenvalue weighted by molar-refractivity contribution is 6.05. The van der Waals surface area contributed by atoms with Crippen molar-refractivity contribution in [3.8, 4) is 17.1 Å². The van der Waals surface area contributed by atoms with E-state index in [1.165, 1.54) is 6.20 Å². The van der Waals surface area contributed by atoms with Gasteiger partial charge in [-0.1, -0.05) is 6.07 Å². The smallest absolute Gasteiger partial charge is 0.257 e. The van der Waals surface area contributed by atoms with Crippen LogP contribution in [-0.4, -0.2) is 32.2 Å². The first-order valence-corrected chi connectivity index (χ1v) is 7.51. The molecular weight excluding hydrogens is 306 g/mol. The second-order valence-corrected chi connectivity index (χ2v) is 5.40. The van der Waals surface area contributed by atoms with Crippen molar-refractivity contribution in [3.05, 3.63) is 54.6 Å². The summed E-state index contributed by atoms with van der Waals surface area (Å²) >= 11 is 0. The van der Waals surface area contributed by atoms with Crippen LogP contribution in [0.1, 0.15) is 24.2 Å². The van der Waals surface area contributed by atoms with E-state index in [2.05, 4.69) is 25.5 Å². The van der Waals surface area contributed by atoms with Crippen molar-refractivity contribution in [2.45, 2.75) is 20.0 Å². The summed E-state index contributed by atoms with van der Waals surface area (Å²) in [4.78, 5) is 20.8. The van der Waals surface area contributed by atoms with Crippen LogP contribution in [0.3, 0.4) is 0 Å². The molecule has 3 heterocycles. The predicted molar refractivity (Wildman–Crippen MR) is 89.8 cm³/mol.